The summed E-state index contributed by atoms with van der Waals surface area (Å²) in [7, 11) is 1.45. The fourth-order valence-electron chi connectivity index (χ4n) is 3.25. The molecule has 0 saturated carbocycles. The molecular formula is C28H27BrN4O7. The zero-order valence-electron chi connectivity index (χ0n) is 21.7. The molecule has 0 fully saturated rings. The van der Waals surface area contributed by atoms with Crippen molar-refractivity contribution in [1.82, 2.24) is 10.7 Å². The predicted octanol–water partition coefficient (Wildman–Crippen LogP) is 3.53. The van der Waals surface area contributed by atoms with Crippen LogP contribution in [0.15, 0.2) is 76.3 Å². The fraction of sp³-hybridized carbons (Fsp3) is 0.179. The maximum absolute atomic E-state index is 12.3. The molecule has 0 radical (unpaired) electrons. The first-order chi connectivity index (χ1) is 19.3. The van der Waals surface area contributed by atoms with E-state index in [1.165, 1.54) is 13.3 Å². The van der Waals surface area contributed by atoms with Gasteiger partial charge in [-0.15, -0.1) is 0 Å². The van der Waals surface area contributed by atoms with Crippen molar-refractivity contribution in [1.29, 1.82) is 0 Å². The van der Waals surface area contributed by atoms with Gasteiger partial charge in [0, 0.05) is 10.2 Å². The Bertz CT molecular complexity index is 1390. The lowest BCUT2D eigenvalue weighted by atomic mass is 10.2. The summed E-state index contributed by atoms with van der Waals surface area (Å²) in [6.07, 6.45) is 1.40. The number of hydrogen-bond donors (Lipinski definition) is 3. The first-order valence-corrected chi connectivity index (χ1v) is 12.8. The van der Waals surface area contributed by atoms with E-state index in [4.69, 9.17) is 14.2 Å². The van der Waals surface area contributed by atoms with Crippen molar-refractivity contribution in [2.24, 2.45) is 5.10 Å². The highest BCUT2D eigenvalue weighted by molar-refractivity contribution is 9.10. The van der Waals surface area contributed by atoms with E-state index in [1.54, 1.807) is 73.7 Å². The van der Waals surface area contributed by atoms with Crippen LogP contribution in [0.5, 0.6) is 11.5 Å². The maximum Gasteiger partial charge on any atom is 0.338 e. The zero-order chi connectivity index (χ0) is 28.9. The van der Waals surface area contributed by atoms with Gasteiger partial charge < -0.3 is 24.8 Å². The smallest absolute Gasteiger partial charge is 0.338 e. The van der Waals surface area contributed by atoms with E-state index in [-0.39, 0.29) is 19.8 Å². The van der Waals surface area contributed by atoms with Crippen molar-refractivity contribution >= 4 is 51.5 Å². The van der Waals surface area contributed by atoms with Crippen LogP contribution in [-0.4, -0.2) is 56.8 Å². The SMILES string of the molecule is CCOC(=O)c1ccc(NC(=O)COc2ccc(C=NNC(=O)CNC(=O)c3ccccc3Br)cc2OC)cc1. The maximum atomic E-state index is 12.3. The van der Waals surface area contributed by atoms with Crippen LogP contribution in [0, 0.1) is 0 Å². The van der Waals surface area contributed by atoms with Gasteiger partial charge in [0.05, 0.1) is 37.6 Å². The second-order valence-electron chi connectivity index (χ2n) is 8.00. The van der Waals surface area contributed by atoms with Gasteiger partial charge in [-0.05, 0) is 83.0 Å². The minimum atomic E-state index is -0.509. The largest absolute Gasteiger partial charge is 0.493 e. The Morgan fingerprint density at radius 1 is 0.950 bits per heavy atom. The quantitative estimate of drug-likeness (QED) is 0.162. The van der Waals surface area contributed by atoms with Gasteiger partial charge in [-0.25, -0.2) is 10.2 Å². The number of hydrazone groups is 1. The molecule has 208 valence electrons. The average Bonchev–Trinajstić information content (AvgIpc) is 2.95. The molecule has 0 aliphatic carbocycles. The van der Waals surface area contributed by atoms with Crippen LogP contribution in [0.25, 0.3) is 0 Å². The first-order valence-electron chi connectivity index (χ1n) is 12.0. The standard InChI is InChI=1S/C28H27BrN4O7/c1-3-39-28(37)19-9-11-20(12-10-19)32-26(35)17-40-23-13-8-18(14-24(23)38-2)15-31-33-25(34)16-30-27(36)21-6-4-5-7-22(21)29/h4-15H,3,16-17H2,1-2H3,(H,30,36)(H,32,35)(H,33,34). The van der Waals surface area contributed by atoms with Gasteiger partial charge in [0.15, 0.2) is 18.1 Å². The number of anilines is 1. The third-order valence-electron chi connectivity index (χ3n) is 5.16. The van der Waals surface area contributed by atoms with Crippen LogP contribution in [0.4, 0.5) is 5.69 Å². The highest BCUT2D eigenvalue weighted by Gasteiger charge is 2.12. The summed E-state index contributed by atoms with van der Waals surface area (Å²) in [5.41, 5.74) is 4.22. The molecule has 3 aromatic rings. The van der Waals surface area contributed by atoms with Gasteiger partial charge in [-0.1, -0.05) is 12.1 Å². The Morgan fingerprint density at radius 2 is 1.70 bits per heavy atom. The van der Waals surface area contributed by atoms with Crippen LogP contribution >= 0.6 is 15.9 Å². The summed E-state index contributed by atoms with van der Waals surface area (Å²) in [6, 6.07) is 18.0. The summed E-state index contributed by atoms with van der Waals surface area (Å²) in [5, 5.41) is 9.09. The molecule has 0 aliphatic heterocycles. The number of nitrogens with zero attached hydrogens (tertiary/aromatic N) is 1. The molecule has 0 heterocycles. The highest BCUT2D eigenvalue weighted by Crippen LogP contribution is 2.27. The van der Waals surface area contributed by atoms with Gasteiger partial charge in [0.2, 0.25) is 0 Å². The number of hydrogen-bond acceptors (Lipinski definition) is 8. The summed E-state index contributed by atoms with van der Waals surface area (Å²) in [4.78, 5) is 48.3. The summed E-state index contributed by atoms with van der Waals surface area (Å²) >= 11 is 3.29. The number of ether oxygens (including phenoxy) is 3. The van der Waals surface area contributed by atoms with Crippen molar-refractivity contribution in [3.05, 3.63) is 87.9 Å². The van der Waals surface area contributed by atoms with E-state index in [2.05, 4.69) is 37.1 Å². The molecule has 3 amide bonds. The number of rotatable bonds is 12. The third-order valence-corrected chi connectivity index (χ3v) is 5.85. The van der Waals surface area contributed by atoms with Crippen molar-refractivity contribution in [3.8, 4) is 11.5 Å². The van der Waals surface area contributed by atoms with Crippen LogP contribution in [0.3, 0.4) is 0 Å². The van der Waals surface area contributed by atoms with E-state index in [0.29, 0.717) is 38.3 Å². The molecule has 3 aromatic carbocycles. The number of benzene rings is 3. The molecule has 0 spiro atoms. The molecule has 3 N–H and O–H groups in total. The lowest BCUT2D eigenvalue weighted by Gasteiger charge is -2.11. The zero-order valence-corrected chi connectivity index (χ0v) is 23.3. The lowest BCUT2D eigenvalue weighted by Crippen LogP contribution is -2.35. The lowest BCUT2D eigenvalue weighted by molar-refractivity contribution is -0.120. The molecule has 0 aromatic heterocycles. The van der Waals surface area contributed by atoms with Crippen molar-refractivity contribution in [2.75, 3.05) is 32.2 Å². The van der Waals surface area contributed by atoms with Crippen molar-refractivity contribution in [2.45, 2.75) is 6.92 Å². The number of carbonyl (C=O) groups is 4. The molecule has 3 rings (SSSR count). The third kappa shape index (κ3) is 8.95. The molecular weight excluding hydrogens is 584 g/mol. The van der Waals surface area contributed by atoms with E-state index in [1.807, 2.05) is 0 Å². The normalized spacial score (nSPS) is 10.5. The van der Waals surface area contributed by atoms with E-state index >= 15 is 0 Å². The summed E-state index contributed by atoms with van der Waals surface area (Å²) < 4.78 is 16.5. The molecule has 40 heavy (non-hydrogen) atoms. The van der Waals surface area contributed by atoms with Crippen LogP contribution in [0.1, 0.15) is 33.2 Å². The van der Waals surface area contributed by atoms with Gasteiger partial charge in [0.25, 0.3) is 17.7 Å². The van der Waals surface area contributed by atoms with Crippen LogP contribution < -0.4 is 25.5 Å². The second-order valence-corrected chi connectivity index (χ2v) is 8.86. The van der Waals surface area contributed by atoms with E-state index in [9.17, 15) is 19.2 Å². The Hall–Kier alpha value is -4.71. The molecule has 0 saturated heterocycles. The highest BCUT2D eigenvalue weighted by atomic mass is 79.9. The Labute approximate surface area is 239 Å². The number of carbonyl (C=O) groups excluding carboxylic acids is 4. The van der Waals surface area contributed by atoms with Gasteiger partial charge in [-0.3, -0.25) is 14.4 Å². The molecule has 0 aliphatic rings. The Morgan fingerprint density at radius 3 is 2.40 bits per heavy atom. The topological polar surface area (TPSA) is 144 Å². The summed E-state index contributed by atoms with van der Waals surface area (Å²) in [6.45, 7) is 1.45. The van der Waals surface area contributed by atoms with Crippen molar-refractivity contribution < 1.29 is 33.4 Å². The Kier molecular flexibility index (Phi) is 11.2. The second kappa shape index (κ2) is 15.0. The van der Waals surface area contributed by atoms with E-state index in [0.717, 1.165) is 0 Å². The minimum Gasteiger partial charge on any atom is -0.493 e. The molecule has 0 bridgehead atoms. The fourth-order valence-corrected chi connectivity index (χ4v) is 3.71. The van der Waals surface area contributed by atoms with Gasteiger partial charge in [0.1, 0.15) is 0 Å². The molecule has 12 heteroatoms. The number of amides is 3. The van der Waals surface area contributed by atoms with Crippen LogP contribution in [-0.2, 0) is 14.3 Å². The number of halogens is 1. The number of esters is 1. The molecule has 0 atom stereocenters. The van der Waals surface area contributed by atoms with Gasteiger partial charge >= 0.3 is 5.97 Å². The van der Waals surface area contributed by atoms with Gasteiger partial charge in [-0.2, -0.15) is 5.10 Å². The first kappa shape index (κ1) is 29.8. The Balaban J connectivity index is 1.47. The average molecular weight is 611 g/mol. The molecule has 11 nitrogen and oxygen atoms in total. The summed E-state index contributed by atoms with van der Waals surface area (Å²) in [5.74, 6) is -1.08. The van der Waals surface area contributed by atoms with Crippen molar-refractivity contribution in [3.63, 3.8) is 0 Å². The minimum absolute atomic E-state index is 0.259. The molecule has 0 unspecified atom stereocenters. The number of nitrogens with one attached hydrogen (secondary N) is 3. The predicted molar refractivity (Wildman–Crippen MR) is 152 cm³/mol. The monoisotopic (exact) mass is 610 g/mol. The number of methoxy groups -OCH3 is 1. The van der Waals surface area contributed by atoms with E-state index < -0.39 is 23.7 Å². The van der Waals surface area contributed by atoms with Crippen LogP contribution in [0.2, 0.25) is 0 Å².